The van der Waals surface area contributed by atoms with Gasteiger partial charge in [0.1, 0.15) is 0 Å². The van der Waals surface area contributed by atoms with Gasteiger partial charge in [-0.3, -0.25) is 4.79 Å². The van der Waals surface area contributed by atoms with Crippen molar-refractivity contribution >= 4 is 17.5 Å². The number of likely N-dealkylation sites (N-methyl/N-ethyl adjacent to an activating group) is 1. The van der Waals surface area contributed by atoms with Gasteiger partial charge in [-0.1, -0.05) is 25.4 Å². The van der Waals surface area contributed by atoms with Gasteiger partial charge in [0.15, 0.2) is 11.5 Å². The Bertz CT molecular complexity index is 578. The highest BCUT2D eigenvalue weighted by molar-refractivity contribution is 6.32. The smallest absolute Gasteiger partial charge is 0.254 e. The van der Waals surface area contributed by atoms with Crippen LogP contribution in [0.25, 0.3) is 0 Å². The summed E-state index contributed by atoms with van der Waals surface area (Å²) < 4.78 is 11.1. The number of rotatable bonds is 7. The molecule has 1 aromatic rings. The Balaban J connectivity index is 2.24. The van der Waals surface area contributed by atoms with Crippen molar-refractivity contribution in [3.63, 3.8) is 0 Å². The van der Waals surface area contributed by atoms with Crippen LogP contribution in [0.4, 0.5) is 0 Å². The van der Waals surface area contributed by atoms with Crippen LogP contribution in [0.1, 0.15) is 37.0 Å². The van der Waals surface area contributed by atoms with E-state index in [1.54, 1.807) is 19.2 Å². The largest absolute Gasteiger partial charge is 0.493 e. The van der Waals surface area contributed by atoms with Gasteiger partial charge in [-0.15, -0.1) is 0 Å². The van der Waals surface area contributed by atoms with Crippen LogP contribution in [0, 0.1) is 5.92 Å². The quantitative estimate of drug-likeness (QED) is 0.817. The topological polar surface area (TPSA) is 50.8 Å². The maximum atomic E-state index is 12.9. The zero-order valence-corrected chi connectivity index (χ0v) is 15.7. The number of methoxy groups -OCH3 is 1. The van der Waals surface area contributed by atoms with Gasteiger partial charge >= 0.3 is 0 Å². The summed E-state index contributed by atoms with van der Waals surface area (Å²) in [6.45, 7) is 6.24. The molecule has 1 amide bonds. The average Bonchev–Trinajstić information content (AvgIpc) is 3.00. The van der Waals surface area contributed by atoms with Gasteiger partial charge in [0, 0.05) is 24.7 Å². The number of benzene rings is 1. The number of nitrogens with zero attached hydrogens (tertiary/aromatic N) is 1. The molecule has 1 aliphatic rings. The van der Waals surface area contributed by atoms with Crippen molar-refractivity contribution in [2.24, 2.45) is 5.92 Å². The molecule has 6 heteroatoms. The zero-order valence-electron chi connectivity index (χ0n) is 14.9. The van der Waals surface area contributed by atoms with Crippen LogP contribution in [0.2, 0.25) is 5.02 Å². The summed E-state index contributed by atoms with van der Waals surface area (Å²) in [5, 5.41) is 3.56. The van der Waals surface area contributed by atoms with E-state index in [4.69, 9.17) is 21.1 Å². The van der Waals surface area contributed by atoms with Crippen LogP contribution >= 0.6 is 11.6 Å². The van der Waals surface area contributed by atoms with Gasteiger partial charge in [0.2, 0.25) is 0 Å². The third kappa shape index (κ3) is 4.33. The van der Waals surface area contributed by atoms with Crippen molar-refractivity contribution in [1.82, 2.24) is 10.2 Å². The molecule has 1 unspecified atom stereocenters. The summed E-state index contributed by atoms with van der Waals surface area (Å²) in [6.07, 6.45) is 2.05. The molecule has 0 spiro atoms. The Kier molecular flexibility index (Phi) is 6.75. The van der Waals surface area contributed by atoms with Crippen molar-refractivity contribution in [2.45, 2.75) is 32.7 Å². The highest BCUT2D eigenvalue weighted by atomic mass is 35.5. The van der Waals surface area contributed by atoms with Gasteiger partial charge in [0.05, 0.1) is 18.7 Å². The molecule has 24 heavy (non-hydrogen) atoms. The normalized spacial score (nSPS) is 17.4. The first-order chi connectivity index (χ1) is 11.5. The Hall–Kier alpha value is -1.46. The lowest BCUT2D eigenvalue weighted by atomic mass is 10.1. The first-order valence-electron chi connectivity index (χ1n) is 8.43. The van der Waals surface area contributed by atoms with E-state index in [2.05, 4.69) is 19.2 Å². The Labute approximate surface area is 149 Å². The Morgan fingerprint density at radius 1 is 1.46 bits per heavy atom. The second-order valence-corrected chi connectivity index (χ2v) is 6.95. The third-order valence-corrected chi connectivity index (χ3v) is 4.40. The molecule has 0 bridgehead atoms. The summed E-state index contributed by atoms with van der Waals surface area (Å²) in [4.78, 5) is 14.8. The number of hydrogen-bond acceptors (Lipinski definition) is 4. The highest BCUT2D eigenvalue weighted by Gasteiger charge is 2.29. The second-order valence-electron chi connectivity index (χ2n) is 6.55. The molecule has 1 aliphatic heterocycles. The predicted molar refractivity (Wildman–Crippen MR) is 96.3 cm³/mol. The summed E-state index contributed by atoms with van der Waals surface area (Å²) >= 11 is 6.36. The average molecular weight is 355 g/mol. The van der Waals surface area contributed by atoms with Gasteiger partial charge in [-0.2, -0.15) is 0 Å². The van der Waals surface area contributed by atoms with Crippen LogP contribution < -0.4 is 14.8 Å². The van der Waals surface area contributed by atoms with Crippen molar-refractivity contribution in [1.29, 1.82) is 0 Å². The van der Waals surface area contributed by atoms with Crippen LogP contribution in [-0.4, -0.2) is 50.7 Å². The number of amides is 1. The zero-order chi connectivity index (χ0) is 17.7. The van der Waals surface area contributed by atoms with Crippen LogP contribution in [-0.2, 0) is 0 Å². The third-order valence-electron chi connectivity index (χ3n) is 4.12. The molecule has 0 aliphatic carbocycles. The fraction of sp³-hybridized carbons (Fsp3) is 0.611. The predicted octanol–water partition coefficient (Wildman–Crippen LogP) is 3.21. The lowest BCUT2D eigenvalue weighted by Gasteiger charge is -2.25. The van der Waals surface area contributed by atoms with Gasteiger partial charge in [-0.05, 0) is 37.9 Å². The maximum Gasteiger partial charge on any atom is 0.254 e. The summed E-state index contributed by atoms with van der Waals surface area (Å²) in [7, 11) is 3.46. The van der Waals surface area contributed by atoms with Crippen LogP contribution in [0.5, 0.6) is 11.5 Å². The fourth-order valence-electron chi connectivity index (χ4n) is 2.95. The van der Waals surface area contributed by atoms with Gasteiger partial charge in [0.25, 0.3) is 5.91 Å². The molecule has 1 heterocycles. The molecule has 0 aromatic heterocycles. The lowest BCUT2D eigenvalue weighted by Crippen LogP contribution is -2.40. The van der Waals surface area contributed by atoms with Crippen molar-refractivity contribution in [3.8, 4) is 11.5 Å². The van der Waals surface area contributed by atoms with E-state index >= 15 is 0 Å². The minimum Gasteiger partial charge on any atom is -0.493 e. The van der Waals surface area contributed by atoms with Crippen LogP contribution in [0.3, 0.4) is 0 Å². The van der Waals surface area contributed by atoms with E-state index in [1.165, 1.54) is 0 Å². The van der Waals surface area contributed by atoms with E-state index in [-0.39, 0.29) is 11.9 Å². The minimum atomic E-state index is -0.0108. The number of carbonyl (C=O) groups is 1. The minimum absolute atomic E-state index is 0.0108. The first-order valence-corrected chi connectivity index (χ1v) is 8.81. The number of nitrogens with one attached hydrogen (secondary N) is 1. The van der Waals surface area contributed by atoms with E-state index in [1.807, 2.05) is 11.9 Å². The molecule has 1 fully saturated rings. The number of likely N-dealkylation sites (tertiary alicyclic amines) is 1. The summed E-state index contributed by atoms with van der Waals surface area (Å²) in [6, 6.07) is 3.62. The molecule has 1 atom stereocenters. The molecule has 0 radical (unpaired) electrons. The molecular formula is C18H27ClN2O3. The lowest BCUT2D eigenvalue weighted by molar-refractivity contribution is 0.0736. The highest BCUT2D eigenvalue weighted by Crippen LogP contribution is 2.37. The standard InChI is InChI=1S/C18H27ClN2O3/c1-12(2)11-24-17-15(19)8-13(9-16(17)23-4)18(22)21-7-5-6-14(21)10-20-3/h8-9,12,14,20H,5-7,10-11H2,1-4H3. The second kappa shape index (κ2) is 8.58. The number of hydrogen-bond donors (Lipinski definition) is 1. The molecule has 2 rings (SSSR count). The van der Waals surface area contributed by atoms with Crippen molar-refractivity contribution in [2.75, 3.05) is 33.9 Å². The molecule has 5 nitrogen and oxygen atoms in total. The molecule has 134 valence electrons. The molecule has 1 aromatic carbocycles. The molecule has 0 saturated carbocycles. The number of halogens is 1. The fourth-order valence-corrected chi connectivity index (χ4v) is 3.22. The molecule has 1 N–H and O–H groups in total. The molecule has 1 saturated heterocycles. The van der Waals surface area contributed by atoms with Gasteiger partial charge in [-0.25, -0.2) is 0 Å². The van der Waals surface area contributed by atoms with Gasteiger partial charge < -0.3 is 19.7 Å². The maximum absolute atomic E-state index is 12.9. The number of ether oxygens (including phenoxy) is 2. The van der Waals surface area contributed by atoms with Crippen molar-refractivity contribution < 1.29 is 14.3 Å². The Morgan fingerprint density at radius 3 is 2.83 bits per heavy atom. The van der Waals surface area contributed by atoms with Crippen molar-refractivity contribution in [3.05, 3.63) is 22.7 Å². The number of carbonyl (C=O) groups excluding carboxylic acids is 1. The van der Waals surface area contributed by atoms with E-state index < -0.39 is 0 Å². The Morgan fingerprint density at radius 2 is 2.21 bits per heavy atom. The first kappa shape index (κ1) is 18.9. The monoisotopic (exact) mass is 354 g/mol. The van der Waals surface area contributed by atoms with Crippen LogP contribution in [0.15, 0.2) is 12.1 Å². The van der Waals surface area contributed by atoms with E-state index in [9.17, 15) is 4.79 Å². The van der Waals surface area contributed by atoms with E-state index in [0.717, 1.165) is 25.9 Å². The summed E-state index contributed by atoms with van der Waals surface area (Å²) in [5.41, 5.74) is 0.539. The SMILES string of the molecule is CNCC1CCCN1C(=O)c1cc(Cl)c(OCC(C)C)c(OC)c1. The summed E-state index contributed by atoms with van der Waals surface area (Å²) in [5.74, 6) is 1.36. The molecular weight excluding hydrogens is 328 g/mol. The van der Waals surface area contributed by atoms with E-state index in [0.29, 0.717) is 34.6 Å².